The lowest BCUT2D eigenvalue weighted by Gasteiger charge is -2.23. The fourth-order valence-electron chi connectivity index (χ4n) is 2.60. The molecule has 1 fully saturated rings. The molecule has 0 aromatic carbocycles. The van der Waals surface area contributed by atoms with E-state index in [4.69, 9.17) is 0 Å². The maximum absolute atomic E-state index is 12.8. The lowest BCUT2D eigenvalue weighted by atomic mass is 10.2. The number of aromatic nitrogens is 2. The van der Waals surface area contributed by atoms with E-state index in [9.17, 15) is 8.42 Å². The maximum Gasteiger partial charge on any atom is 0.253 e. The average Bonchev–Trinajstić information content (AvgIpc) is 3.19. The van der Waals surface area contributed by atoms with Crippen LogP contribution in [0, 0.1) is 0 Å². The molecule has 1 aliphatic rings. The van der Waals surface area contributed by atoms with Gasteiger partial charge in [0.1, 0.15) is 10.0 Å². The predicted molar refractivity (Wildman–Crippen MR) is 86.5 cm³/mol. The molecule has 118 valence electrons. The van der Waals surface area contributed by atoms with Gasteiger partial charge in [-0.1, -0.05) is 6.07 Å². The summed E-state index contributed by atoms with van der Waals surface area (Å²) in [4.78, 5) is 10.6. The van der Waals surface area contributed by atoms with Crippen molar-refractivity contribution < 1.29 is 8.42 Å². The maximum atomic E-state index is 12.8. The van der Waals surface area contributed by atoms with Gasteiger partial charge in [-0.2, -0.15) is 4.31 Å². The summed E-state index contributed by atoms with van der Waals surface area (Å²) in [5.74, 6) is 0.734. The van der Waals surface area contributed by atoms with Crippen molar-refractivity contribution in [3.05, 3.63) is 35.6 Å². The van der Waals surface area contributed by atoms with Gasteiger partial charge < -0.3 is 4.90 Å². The Morgan fingerprint density at radius 2 is 2.18 bits per heavy atom. The molecule has 2 aromatic rings. The zero-order chi connectivity index (χ0) is 15.7. The molecule has 1 atom stereocenters. The second-order valence-corrected chi connectivity index (χ2v) is 8.47. The molecule has 3 heterocycles. The molecule has 0 saturated carbocycles. The van der Waals surface area contributed by atoms with Crippen LogP contribution >= 0.6 is 11.3 Å². The second-order valence-electron chi connectivity index (χ2n) is 5.40. The van der Waals surface area contributed by atoms with Crippen LogP contribution in [0.2, 0.25) is 0 Å². The molecule has 0 radical (unpaired) electrons. The van der Waals surface area contributed by atoms with Crippen LogP contribution in [0.15, 0.2) is 34.1 Å². The third kappa shape index (κ3) is 2.73. The van der Waals surface area contributed by atoms with E-state index in [1.807, 2.05) is 19.0 Å². The van der Waals surface area contributed by atoms with E-state index in [1.165, 1.54) is 11.3 Å². The Hall–Kier alpha value is -1.51. The molecule has 1 saturated heterocycles. The number of thiophene rings is 1. The molecule has 2 aromatic heterocycles. The molecule has 6 nitrogen and oxygen atoms in total. The van der Waals surface area contributed by atoms with Gasteiger partial charge in [-0.25, -0.2) is 13.4 Å². The van der Waals surface area contributed by atoms with Crippen molar-refractivity contribution in [2.24, 2.45) is 0 Å². The van der Waals surface area contributed by atoms with Crippen molar-refractivity contribution in [2.45, 2.75) is 23.1 Å². The lowest BCUT2D eigenvalue weighted by molar-refractivity contribution is 0.391. The molecule has 22 heavy (non-hydrogen) atoms. The Balaban J connectivity index is 1.96. The molecular weight excluding hydrogens is 320 g/mol. The van der Waals surface area contributed by atoms with E-state index >= 15 is 0 Å². The summed E-state index contributed by atoms with van der Waals surface area (Å²) in [6.45, 7) is 0.527. The Morgan fingerprint density at radius 3 is 2.86 bits per heavy atom. The first kappa shape index (κ1) is 15.4. The third-order valence-electron chi connectivity index (χ3n) is 3.70. The number of hydrogen-bond acceptors (Lipinski definition) is 6. The molecule has 0 aliphatic carbocycles. The molecule has 1 aliphatic heterocycles. The first-order valence-corrected chi connectivity index (χ1v) is 9.37. The Kier molecular flexibility index (Phi) is 4.16. The molecule has 0 spiro atoms. The van der Waals surface area contributed by atoms with Crippen LogP contribution < -0.4 is 4.90 Å². The molecular formula is C14H18N4O2S2. The Labute approximate surface area is 134 Å². The third-order valence-corrected chi connectivity index (χ3v) is 6.98. The van der Waals surface area contributed by atoms with Crippen molar-refractivity contribution in [2.75, 3.05) is 25.5 Å². The van der Waals surface area contributed by atoms with Crippen LogP contribution in [-0.4, -0.2) is 43.3 Å². The molecule has 0 bridgehead atoms. The summed E-state index contributed by atoms with van der Waals surface area (Å²) in [6, 6.07) is 3.17. The fraction of sp³-hybridized carbons (Fsp3) is 0.429. The minimum atomic E-state index is -3.46. The van der Waals surface area contributed by atoms with Crippen LogP contribution in [0.5, 0.6) is 0 Å². The standard InChI is InChI=1S/C14H18N4O2S2/c1-17(2)13-10-15-9-11(16-13)12-5-3-7-18(12)22(19,20)14-6-4-8-21-14/h4,6,8-10,12H,3,5,7H2,1-2H3. The van der Waals surface area contributed by atoms with E-state index in [-0.39, 0.29) is 6.04 Å². The van der Waals surface area contributed by atoms with Gasteiger partial charge in [0.15, 0.2) is 0 Å². The van der Waals surface area contributed by atoms with Gasteiger partial charge >= 0.3 is 0 Å². The SMILES string of the molecule is CN(C)c1cncc(C2CCCN2S(=O)(=O)c2cccs2)n1. The molecule has 0 N–H and O–H groups in total. The van der Waals surface area contributed by atoms with Crippen LogP contribution in [0.1, 0.15) is 24.6 Å². The van der Waals surface area contributed by atoms with Gasteiger partial charge in [0.25, 0.3) is 10.0 Å². The van der Waals surface area contributed by atoms with Gasteiger partial charge in [0.05, 0.1) is 24.1 Å². The Bertz CT molecular complexity index is 744. The smallest absolute Gasteiger partial charge is 0.253 e. The van der Waals surface area contributed by atoms with Crippen LogP contribution in [0.4, 0.5) is 5.82 Å². The van der Waals surface area contributed by atoms with E-state index in [0.717, 1.165) is 18.7 Å². The summed E-state index contributed by atoms with van der Waals surface area (Å²) in [5.41, 5.74) is 0.712. The van der Waals surface area contributed by atoms with E-state index in [2.05, 4.69) is 9.97 Å². The van der Waals surface area contributed by atoms with Gasteiger partial charge in [0.2, 0.25) is 0 Å². The van der Waals surface area contributed by atoms with E-state index < -0.39 is 10.0 Å². The first-order valence-electron chi connectivity index (χ1n) is 7.05. The number of anilines is 1. The number of nitrogens with zero attached hydrogens (tertiary/aromatic N) is 4. The average molecular weight is 338 g/mol. The van der Waals surface area contributed by atoms with Crippen molar-refractivity contribution >= 4 is 27.2 Å². The molecule has 8 heteroatoms. The zero-order valence-corrected chi connectivity index (χ0v) is 14.1. The zero-order valence-electron chi connectivity index (χ0n) is 12.5. The lowest BCUT2D eigenvalue weighted by Crippen LogP contribution is -2.31. The van der Waals surface area contributed by atoms with Crippen molar-refractivity contribution in [1.82, 2.24) is 14.3 Å². The summed E-state index contributed by atoms with van der Waals surface area (Å²) in [5, 5.41) is 1.78. The highest BCUT2D eigenvalue weighted by Gasteiger charge is 2.37. The fourth-order valence-corrected chi connectivity index (χ4v) is 5.38. The molecule has 0 amide bonds. The summed E-state index contributed by atoms with van der Waals surface area (Å²) < 4.78 is 27.5. The highest BCUT2D eigenvalue weighted by atomic mass is 32.2. The summed E-state index contributed by atoms with van der Waals surface area (Å²) >= 11 is 1.25. The van der Waals surface area contributed by atoms with Crippen LogP contribution in [0.3, 0.4) is 0 Å². The van der Waals surface area contributed by atoms with E-state index in [1.54, 1.807) is 34.2 Å². The van der Waals surface area contributed by atoms with Crippen molar-refractivity contribution in [3.8, 4) is 0 Å². The number of sulfonamides is 1. The van der Waals surface area contributed by atoms with E-state index in [0.29, 0.717) is 16.4 Å². The van der Waals surface area contributed by atoms with Crippen molar-refractivity contribution in [1.29, 1.82) is 0 Å². The predicted octanol–water partition coefficient (Wildman–Crippen LogP) is 2.13. The van der Waals surface area contributed by atoms with Gasteiger partial charge in [-0.15, -0.1) is 11.3 Å². The highest BCUT2D eigenvalue weighted by molar-refractivity contribution is 7.91. The Morgan fingerprint density at radius 1 is 1.36 bits per heavy atom. The highest BCUT2D eigenvalue weighted by Crippen LogP contribution is 2.36. The normalized spacial score (nSPS) is 19.5. The monoisotopic (exact) mass is 338 g/mol. The van der Waals surface area contributed by atoms with Gasteiger partial charge in [-0.3, -0.25) is 4.98 Å². The molecule has 3 rings (SSSR count). The van der Waals surface area contributed by atoms with Gasteiger partial charge in [-0.05, 0) is 24.3 Å². The topological polar surface area (TPSA) is 66.4 Å². The van der Waals surface area contributed by atoms with Crippen LogP contribution in [0.25, 0.3) is 0 Å². The quantitative estimate of drug-likeness (QED) is 0.854. The van der Waals surface area contributed by atoms with Crippen molar-refractivity contribution in [3.63, 3.8) is 0 Å². The minimum absolute atomic E-state index is 0.237. The number of rotatable bonds is 4. The largest absolute Gasteiger partial charge is 0.361 e. The summed E-state index contributed by atoms with van der Waals surface area (Å²) in [7, 11) is 0.328. The summed E-state index contributed by atoms with van der Waals surface area (Å²) in [6.07, 6.45) is 4.95. The second kappa shape index (κ2) is 5.94. The number of hydrogen-bond donors (Lipinski definition) is 0. The first-order chi connectivity index (χ1) is 10.5. The minimum Gasteiger partial charge on any atom is -0.361 e. The molecule has 1 unspecified atom stereocenters. The van der Waals surface area contributed by atoms with Gasteiger partial charge in [0, 0.05) is 20.6 Å². The van der Waals surface area contributed by atoms with Crippen LogP contribution in [-0.2, 0) is 10.0 Å².